The molecule has 7 nitrogen and oxygen atoms in total. The molecule has 0 bridgehead atoms. The second-order valence-electron chi connectivity index (χ2n) is 7.90. The molecule has 1 aliphatic rings. The monoisotopic (exact) mass is 453 g/mol. The first-order valence-corrected chi connectivity index (χ1v) is 12.0. The molecule has 0 unspecified atom stereocenters. The van der Waals surface area contributed by atoms with Crippen molar-refractivity contribution in [3.63, 3.8) is 0 Å². The molecular weight excluding hydrogens is 429 g/mol. The number of piperazine rings is 1. The van der Waals surface area contributed by atoms with Gasteiger partial charge in [0, 0.05) is 61.6 Å². The van der Waals surface area contributed by atoms with Gasteiger partial charge in [-0.1, -0.05) is 18.2 Å². The number of aromatic nitrogens is 3. The summed E-state index contributed by atoms with van der Waals surface area (Å²) in [6.45, 7) is 5.68. The van der Waals surface area contributed by atoms with E-state index in [1.807, 2.05) is 10.9 Å². The number of benzene rings is 2. The van der Waals surface area contributed by atoms with Gasteiger partial charge in [0.15, 0.2) is 0 Å². The average Bonchev–Trinajstić information content (AvgIpc) is 3.43. The molecular formula is C23H24FN5O2S. The van der Waals surface area contributed by atoms with Gasteiger partial charge in [-0.3, -0.25) is 9.58 Å². The van der Waals surface area contributed by atoms with Crippen LogP contribution in [0.5, 0.6) is 0 Å². The number of rotatable bonds is 6. The molecule has 1 aliphatic heterocycles. The van der Waals surface area contributed by atoms with E-state index < -0.39 is 15.8 Å². The Hall–Kier alpha value is -3.01. The van der Waals surface area contributed by atoms with Crippen LogP contribution >= 0.6 is 0 Å². The Kier molecular flexibility index (Phi) is 5.54. The smallest absolute Gasteiger partial charge is 0.268 e. The summed E-state index contributed by atoms with van der Waals surface area (Å²) >= 11 is 0. The Balaban J connectivity index is 1.51. The number of hydrogen-bond donors (Lipinski definition) is 1. The second kappa shape index (κ2) is 8.50. The van der Waals surface area contributed by atoms with Gasteiger partial charge in [-0.05, 0) is 30.3 Å². The zero-order chi connectivity index (χ0) is 22.1. The van der Waals surface area contributed by atoms with Crippen LogP contribution < -0.4 is 5.32 Å². The summed E-state index contributed by atoms with van der Waals surface area (Å²) in [5.74, 6) is -0.488. The van der Waals surface area contributed by atoms with Gasteiger partial charge in [0.1, 0.15) is 5.82 Å². The Bertz CT molecular complexity index is 1340. The lowest BCUT2D eigenvalue weighted by Crippen LogP contribution is -2.44. The van der Waals surface area contributed by atoms with Crippen LogP contribution in [0.15, 0.2) is 72.0 Å². The Morgan fingerprint density at radius 3 is 2.56 bits per heavy atom. The maximum atomic E-state index is 14.1. The lowest BCUT2D eigenvalue weighted by atomic mass is 10.1. The number of hydrogen-bond acceptors (Lipinski definition) is 5. The predicted molar refractivity (Wildman–Crippen MR) is 121 cm³/mol. The fourth-order valence-electron chi connectivity index (χ4n) is 4.11. The van der Waals surface area contributed by atoms with Crippen molar-refractivity contribution >= 4 is 20.9 Å². The summed E-state index contributed by atoms with van der Waals surface area (Å²) in [6, 6.07) is 12.4. The highest BCUT2D eigenvalue weighted by Gasteiger charge is 2.22. The highest BCUT2D eigenvalue weighted by atomic mass is 32.2. The summed E-state index contributed by atoms with van der Waals surface area (Å²) in [4.78, 5) is 2.54. The number of fused-ring (bicyclic) bond motifs is 1. The van der Waals surface area contributed by atoms with E-state index >= 15 is 0 Å². The van der Waals surface area contributed by atoms with Crippen molar-refractivity contribution in [2.24, 2.45) is 0 Å². The van der Waals surface area contributed by atoms with Crippen LogP contribution in [0.1, 0.15) is 0 Å². The molecule has 0 amide bonds. The van der Waals surface area contributed by atoms with Gasteiger partial charge in [0.05, 0.1) is 23.2 Å². The topological polar surface area (TPSA) is 72.2 Å². The van der Waals surface area contributed by atoms with E-state index in [2.05, 4.69) is 15.3 Å². The molecule has 2 aromatic carbocycles. The SMILES string of the molecule is O=S(=O)(c1ccccc1)n1cc(-c2cnn(CCN3CCNCC3)c2)c2ccc(F)cc21. The first kappa shape index (κ1) is 20.9. The van der Waals surface area contributed by atoms with E-state index in [9.17, 15) is 12.8 Å². The van der Waals surface area contributed by atoms with Crippen molar-refractivity contribution in [2.75, 3.05) is 32.7 Å². The first-order chi connectivity index (χ1) is 15.5. The minimum absolute atomic E-state index is 0.152. The van der Waals surface area contributed by atoms with Gasteiger partial charge in [-0.25, -0.2) is 16.8 Å². The van der Waals surface area contributed by atoms with Gasteiger partial charge in [-0.15, -0.1) is 0 Å². The van der Waals surface area contributed by atoms with E-state index in [0.717, 1.165) is 48.8 Å². The molecule has 3 heterocycles. The third-order valence-corrected chi connectivity index (χ3v) is 7.52. The van der Waals surface area contributed by atoms with Gasteiger partial charge in [-0.2, -0.15) is 5.10 Å². The van der Waals surface area contributed by atoms with Gasteiger partial charge < -0.3 is 5.32 Å². The van der Waals surface area contributed by atoms with Crippen molar-refractivity contribution in [2.45, 2.75) is 11.4 Å². The molecule has 5 rings (SSSR count). The summed E-state index contributed by atoms with van der Waals surface area (Å²) in [5.41, 5.74) is 1.80. The Morgan fingerprint density at radius 2 is 1.78 bits per heavy atom. The van der Waals surface area contributed by atoms with Crippen LogP contribution in [0.4, 0.5) is 4.39 Å². The number of nitrogens with zero attached hydrogens (tertiary/aromatic N) is 4. The summed E-state index contributed by atoms with van der Waals surface area (Å²) < 4.78 is 43.7. The largest absolute Gasteiger partial charge is 0.314 e. The van der Waals surface area contributed by atoms with E-state index in [1.165, 1.54) is 24.3 Å². The zero-order valence-electron chi connectivity index (χ0n) is 17.5. The normalized spacial score (nSPS) is 15.4. The fourth-order valence-corrected chi connectivity index (χ4v) is 5.49. The molecule has 0 aliphatic carbocycles. The molecule has 0 spiro atoms. The van der Waals surface area contributed by atoms with Crippen LogP contribution in [0, 0.1) is 5.82 Å². The van der Waals surface area contributed by atoms with E-state index in [1.54, 1.807) is 36.7 Å². The van der Waals surface area contributed by atoms with Crippen LogP contribution in [-0.2, 0) is 16.6 Å². The minimum atomic E-state index is -3.88. The standard InChI is InChI=1S/C23H24FN5O2S/c24-19-6-7-21-22(18-15-26-28(16-18)13-12-27-10-8-25-9-11-27)17-29(23(21)14-19)32(30,31)20-4-2-1-3-5-20/h1-7,14-17,25H,8-13H2. The van der Waals surface area contributed by atoms with Crippen molar-refractivity contribution in [3.05, 3.63) is 72.9 Å². The molecule has 0 radical (unpaired) electrons. The molecule has 1 N–H and O–H groups in total. The lowest BCUT2D eigenvalue weighted by molar-refractivity contribution is 0.229. The predicted octanol–water partition coefficient (Wildman–Crippen LogP) is 2.79. The number of nitrogens with one attached hydrogen (secondary N) is 1. The second-order valence-corrected chi connectivity index (χ2v) is 9.72. The van der Waals surface area contributed by atoms with E-state index in [-0.39, 0.29) is 4.90 Å². The molecule has 0 atom stereocenters. The minimum Gasteiger partial charge on any atom is -0.314 e. The maximum Gasteiger partial charge on any atom is 0.268 e. The van der Waals surface area contributed by atoms with Crippen molar-refractivity contribution in [1.82, 2.24) is 24.0 Å². The van der Waals surface area contributed by atoms with E-state index in [4.69, 9.17) is 0 Å². The highest BCUT2D eigenvalue weighted by molar-refractivity contribution is 7.90. The first-order valence-electron chi connectivity index (χ1n) is 10.6. The van der Waals surface area contributed by atoms with Crippen LogP contribution in [0.3, 0.4) is 0 Å². The Labute approximate surface area is 186 Å². The van der Waals surface area contributed by atoms with Gasteiger partial charge >= 0.3 is 0 Å². The molecule has 32 heavy (non-hydrogen) atoms. The van der Waals surface area contributed by atoms with Crippen LogP contribution in [0.2, 0.25) is 0 Å². The Morgan fingerprint density at radius 1 is 1.00 bits per heavy atom. The van der Waals surface area contributed by atoms with Gasteiger partial charge in [0.2, 0.25) is 0 Å². The zero-order valence-corrected chi connectivity index (χ0v) is 18.3. The van der Waals surface area contributed by atoms with E-state index in [0.29, 0.717) is 16.5 Å². The summed E-state index contributed by atoms with van der Waals surface area (Å²) in [5, 5.41) is 8.48. The van der Waals surface area contributed by atoms with Crippen molar-refractivity contribution in [1.29, 1.82) is 0 Å². The maximum absolute atomic E-state index is 14.1. The molecule has 2 aromatic heterocycles. The van der Waals surface area contributed by atoms with Gasteiger partial charge in [0.25, 0.3) is 10.0 Å². The van der Waals surface area contributed by atoms with Crippen LogP contribution in [-0.4, -0.2) is 59.8 Å². The molecule has 9 heteroatoms. The molecule has 0 saturated carbocycles. The third-order valence-electron chi connectivity index (χ3n) is 5.83. The van der Waals surface area contributed by atoms with Crippen molar-refractivity contribution < 1.29 is 12.8 Å². The highest BCUT2D eigenvalue weighted by Crippen LogP contribution is 2.33. The number of halogens is 1. The van der Waals surface area contributed by atoms with Crippen LogP contribution in [0.25, 0.3) is 22.0 Å². The fraction of sp³-hybridized carbons (Fsp3) is 0.261. The molecule has 4 aromatic rings. The average molecular weight is 454 g/mol. The molecule has 166 valence electrons. The quantitative estimate of drug-likeness (QED) is 0.486. The molecule has 1 saturated heterocycles. The summed E-state index contributed by atoms with van der Waals surface area (Å²) in [6.07, 6.45) is 5.21. The summed E-state index contributed by atoms with van der Waals surface area (Å²) in [7, 11) is -3.88. The van der Waals surface area contributed by atoms with Crippen molar-refractivity contribution in [3.8, 4) is 11.1 Å². The lowest BCUT2D eigenvalue weighted by Gasteiger charge is -2.26. The third kappa shape index (κ3) is 3.94. The molecule has 1 fully saturated rings.